The number of rotatable bonds is 8. The number of ketones is 1. The zero-order valence-corrected chi connectivity index (χ0v) is 21.9. The Morgan fingerprint density at radius 1 is 0.919 bits per heavy atom. The van der Waals surface area contributed by atoms with Crippen molar-refractivity contribution in [2.75, 3.05) is 5.32 Å². The second-order valence-corrected chi connectivity index (χ2v) is 9.73. The topological polar surface area (TPSA) is 80.9 Å². The molecule has 37 heavy (non-hydrogen) atoms. The third-order valence-electron chi connectivity index (χ3n) is 6.17. The van der Waals surface area contributed by atoms with Gasteiger partial charge < -0.3 is 9.84 Å². The minimum absolute atomic E-state index is 0.127. The van der Waals surface area contributed by atoms with Crippen LogP contribution in [0.4, 0.5) is 5.82 Å². The van der Waals surface area contributed by atoms with Gasteiger partial charge in [-0.25, -0.2) is 9.97 Å². The number of benzene rings is 3. The van der Waals surface area contributed by atoms with Crippen molar-refractivity contribution in [3.63, 3.8) is 0 Å². The maximum absolute atomic E-state index is 13.1. The summed E-state index contributed by atoms with van der Waals surface area (Å²) >= 11 is 12.1. The Labute approximate surface area is 224 Å². The molecule has 0 saturated heterocycles. The van der Waals surface area contributed by atoms with Gasteiger partial charge in [0.05, 0.1) is 11.2 Å². The molecule has 2 heterocycles. The first-order valence-electron chi connectivity index (χ1n) is 11.9. The molecule has 6 nitrogen and oxygen atoms in total. The summed E-state index contributed by atoms with van der Waals surface area (Å²) in [6.45, 7) is 4.28. The van der Waals surface area contributed by atoms with E-state index in [2.05, 4.69) is 20.4 Å². The standard InChI is InChI=1S/C29H24Cl2N4O2/c1-17-27(18(2)37-35-17)21-9-12-25-24(15-21)28(32-16-20-4-3-5-23(31)14-20)34-29(33-25)26(36)13-8-19-6-10-22(30)11-7-19/h3-7,9-12,14-15H,8,13,16H2,1-2H3,(H,32,33,34). The highest BCUT2D eigenvalue weighted by Gasteiger charge is 2.17. The summed E-state index contributed by atoms with van der Waals surface area (Å²) in [5.74, 6) is 1.37. The van der Waals surface area contributed by atoms with Gasteiger partial charge in [-0.05, 0) is 73.4 Å². The van der Waals surface area contributed by atoms with Crippen LogP contribution in [0.1, 0.15) is 39.6 Å². The summed E-state index contributed by atoms with van der Waals surface area (Å²) < 4.78 is 5.37. The Morgan fingerprint density at radius 2 is 1.73 bits per heavy atom. The molecule has 0 amide bonds. The van der Waals surface area contributed by atoms with E-state index in [1.54, 1.807) is 0 Å². The van der Waals surface area contributed by atoms with E-state index in [-0.39, 0.29) is 18.0 Å². The molecule has 0 aliphatic heterocycles. The van der Waals surface area contributed by atoms with Crippen molar-refractivity contribution in [2.45, 2.75) is 33.2 Å². The third kappa shape index (κ3) is 5.66. The minimum Gasteiger partial charge on any atom is -0.365 e. The summed E-state index contributed by atoms with van der Waals surface area (Å²) in [5.41, 5.74) is 5.39. The van der Waals surface area contributed by atoms with Crippen LogP contribution in [0.5, 0.6) is 0 Å². The summed E-state index contributed by atoms with van der Waals surface area (Å²) in [6, 6.07) is 21.0. The average molecular weight is 531 g/mol. The number of hydrogen-bond acceptors (Lipinski definition) is 6. The molecule has 0 unspecified atom stereocenters. The number of carbonyl (C=O) groups is 1. The molecule has 0 radical (unpaired) electrons. The molecule has 0 fully saturated rings. The molecule has 1 N–H and O–H groups in total. The first-order chi connectivity index (χ1) is 17.9. The fourth-order valence-corrected chi connectivity index (χ4v) is 4.63. The van der Waals surface area contributed by atoms with E-state index >= 15 is 0 Å². The molecular weight excluding hydrogens is 507 g/mol. The third-order valence-corrected chi connectivity index (χ3v) is 6.66. The van der Waals surface area contributed by atoms with Crippen molar-refractivity contribution >= 4 is 45.7 Å². The van der Waals surface area contributed by atoms with Crippen LogP contribution in [0.15, 0.2) is 71.3 Å². The lowest BCUT2D eigenvalue weighted by molar-refractivity contribution is 0.0973. The highest BCUT2D eigenvalue weighted by atomic mass is 35.5. The zero-order chi connectivity index (χ0) is 25.9. The van der Waals surface area contributed by atoms with Crippen LogP contribution in [0.2, 0.25) is 10.0 Å². The van der Waals surface area contributed by atoms with Crippen molar-refractivity contribution in [3.8, 4) is 11.1 Å². The Hall–Kier alpha value is -3.74. The molecule has 5 aromatic rings. The summed E-state index contributed by atoms with van der Waals surface area (Å²) in [4.78, 5) is 22.4. The van der Waals surface area contributed by atoms with E-state index in [1.165, 1.54) is 0 Å². The second kappa shape index (κ2) is 10.7. The predicted molar refractivity (Wildman–Crippen MR) is 147 cm³/mol. The fraction of sp³-hybridized carbons (Fsp3) is 0.172. The van der Waals surface area contributed by atoms with Gasteiger partial charge in [0, 0.05) is 34.0 Å². The van der Waals surface area contributed by atoms with E-state index in [4.69, 9.17) is 27.7 Å². The largest absolute Gasteiger partial charge is 0.365 e. The molecule has 0 aliphatic carbocycles. The molecule has 0 bridgehead atoms. The van der Waals surface area contributed by atoms with Crippen molar-refractivity contribution in [3.05, 3.63) is 105 Å². The molecule has 3 aromatic carbocycles. The first kappa shape index (κ1) is 24.9. The van der Waals surface area contributed by atoms with E-state index in [0.717, 1.165) is 39.1 Å². The molecule has 186 valence electrons. The lowest BCUT2D eigenvalue weighted by atomic mass is 10.0. The number of hydrogen-bond donors (Lipinski definition) is 1. The number of anilines is 1. The predicted octanol–water partition coefficient (Wildman–Crippen LogP) is 7.64. The number of nitrogens with one attached hydrogen (secondary N) is 1. The quantitative estimate of drug-likeness (QED) is 0.207. The Kier molecular flexibility index (Phi) is 7.22. The van der Waals surface area contributed by atoms with Crippen LogP contribution in [-0.4, -0.2) is 20.9 Å². The van der Waals surface area contributed by atoms with Crippen LogP contribution in [-0.2, 0) is 13.0 Å². The van der Waals surface area contributed by atoms with Gasteiger partial charge in [0.1, 0.15) is 11.6 Å². The maximum Gasteiger partial charge on any atom is 0.200 e. The lowest BCUT2D eigenvalue weighted by Crippen LogP contribution is -2.11. The highest BCUT2D eigenvalue weighted by molar-refractivity contribution is 6.30. The smallest absolute Gasteiger partial charge is 0.200 e. The van der Waals surface area contributed by atoms with Crippen molar-refractivity contribution < 1.29 is 9.32 Å². The van der Waals surface area contributed by atoms with Crippen LogP contribution < -0.4 is 5.32 Å². The van der Waals surface area contributed by atoms with Crippen molar-refractivity contribution in [1.82, 2.24) is 15.1 Å². The summed E-state index contributed by atoms with van der Waals surface area (Å²) in [7, 11) is 0. The molecule has 2 aromatic heterocycles. The second-order valence-electron chi connectivity index (χ2n) is 8.86. The van der Waals surface area contributed by atoms with Gasteiger partial charge in [0.15, 0.2) is 11.6 Å². The molecule has 0 atom stereocenters. The van der Waals surface area contributed by atoms with Crippen molar-refractivity contribution in [1.29, 1.82) is 0 Å². The molecule has 0 saturated carbocycles. The number of halogens is 2. The first-order valence-corrected chi connectivity index (χ1v) is 12.6. The van der Waals surface area contributed by atoms with E-state index in [9.17, 15) is 4.79 Å². The van der Waals surface area contributed by atoms with Gasteiger partial charge >= 0.3 is 0 Å². The Bertz CT molecular complexity index is 1580. The van der Waals surface area contributed by atoms with Crippen LogP contribution in [0.25, 0.3) is 22.0 Å². The number of nitrogens with zero attached hydrogens (tertiary/aromatic N) is 3. The summed E-state index contributed by atoms with van der Waals surface area (Å²) in [5, 5.41) is 9.60. The van der Waals surface area contributed by atoms with Crippen LogP contribution in [0.3, 0.4) is 0 Å². The van der Waals surface area contributed by atoms with Crippen LogP contribution in [0, 0.1) is 13.8 Å². The fourth-order valence-electron chi connectivity index (χ4n) is 4.29. The molecule has 5 rings (SSSR count). The molecule has 0 spiro atoms. The van der Waals surface area contributed by atoms with E-state index < -0.39 is 0 Å². The lowest BCUT2D eigenvalue weighted by Gasteiger charge is -2.12. The Balaban J connectivity index is 1.50. The molecular formula is C29H24Cl2N4O2. The normalized spacial score (nSPS) is 11.1. The number of aromatic nitrogens is 3. The number of Topliss-reactive ketones (excluding diaryl/α,β-unsaturated/α-hetero) is 1. The van der Waals surface area contributed by atoms with Crippen LogP contribution >= 0.6 is 23.2 Å². The van der Waals surface area contributed by atoms with Gasteiger partial charge in [-0.15, -0.1) is 0 Å². The maximum atomic E-state index is 13.1. The average Bonchev–Trinajstić information content (AvgIpc) is 3.24. The van der Waals surface area contributed by atoms with Gasteiger partial charge in [-0.2, -0.15) is 0 Å². The zero-order valence-electron chi connectivity index (χ0n) is 20.4. The van der Waals surface area contributed by atoms with E-state index in [0.29, 0.717) is 34.3 Å². The highest BCUT2D eigenvalue weighted by Crippen LogP contribution is 2.32. The van der Waals surface area contributed by atoms with Gasteiger partial charge in [-0.3, -0.25) is 4.79 Å². The number of aryl methyl sites for hydroxylation is 3. The SMILES string of the molecule is Cc1noc(C)c1-c1ccc2nc(C(=O)CCc3ccc(Cl)cc3)nc(NCc3cccc(Cl)c3)c2c1. The molecule has 0 aliphatic rings. The summed E-state index contributed by atoms with van der Waals surface area (Å²) in [6.07, 6.45) is 0.867. The number of carbonyl (C=O) groups excluding carboxylic acids is 1. The molecule has 8 heteroatoms. The van der Waals surface area contributed by atoms with Gasteiger partial charge in [-0.1, -0.05) is 58.7 Å². The number of fused-ring (bicyclic) bond motifs is 1. The minimum atomic E-state index is -0.127. The monoisotopic (exact) mass is 530 g/mol. The Morgan fingerprint density at radius 3 is 2.46 bits per heavy atom. The van der Waals surface area contributed by atoms with E-state index in [1.807, 2.05) is 80.6 Å². The van der Waals surface area contributed by atoms with Crippen molar-refractivity contribution in [2.24, 2.45) is 0 Å². The van der Waals surface area contributed by atoms with Gasteiger partial charge in [0.2, 0.25) is 0 Å². The van der Waals surface area contributed by atoms with Gasteiger partial charge in [0.25, 0.3) is 0 Å².